The third-order valence-corrected chi connectivity index (χ3v) is 6.52. The van der Waals surface area contributed by atoms with E-state index in [-0.39, 0.29) is 41.3 Å². The molecule has 37 heavy (non-hydrogen) atoms. The SMILES string of the molecule is CNC(=O)[C@H]1O[C@@H](n2cnc3c(N)nc(C#CCN(C(=O)c4ccnnc4)C4CCC4)nc32)[C@H](O)[C@H]1O. The van der Waals surface area contributed by atoms with Crippen molar-refractivity contribution in [2.45, 2.75) is 49.8 Å². The van der Waals surface area contributed by atoms with E-state index in [4.69, 9.17) is 10.5 Å². The molecule has 2 aliphatic rings. The summed E-state index contributed by atoms with van der Waals surface area (Å²) in [6, 6.07) is 1.70. The third kappa shape index (κ3) is 4.55. The molecule has 14 heteroatoms. The van der Waals surface area contributed by atoms with Gasteiger partial charge in [0.15, 0.2) is 23.8 Å². The van der Waals surface area contributed by atoms with E-state index in [0.717, 1.165) is 19.3 Å². The fourth-order valence-electron chi connectivity index (χ4n) is 4.28. The Labute approximate surface area is 210 Å². The van der Waals surface area contributed by atoms with E-state index in [1.54, 1.807) is 11.0 Å². The maximum Gasteiger partial charge on any atom is 0.256 e. The number of nitrogens with two attached hydrogens (primary N) is 1. The summed E-state index contributed by atoms with van der Waals surface area (Å²) >= 11 is 0. The summed E-state index contributed by atoms with van der Waals surface area (Å²) in [7, 11) is 1.40. The molecule has 1 aliphatic heterocycles. The number of amides is 2. The summed E-state index contributed by atoms with van der Waals surface area (Å²) in [6.07, 6.45) is 1.77. The summed E-state index contributed by atoms with van der Waals surface area (Å²) in [5.74, 6) is 5.18. The molecular weight excluding hydrogens is 482 g/mol. The number of hydrogen-bond donors (Lipinski definition) is 4. The summed E-state index contributed by atoms with van der Waals surface area (Å²) in [5, 5.41) is 30.7. The second kappa shape index (κ2) is 10.1. The van der Waals surface area contributed by atoms with Crippen molar-refractivity contribution in [1.82, 2.24) is 39.9 Å². The molecule has 1 aliphatic carbocycles. The summed E-state index contributed by atoms with van der Waals surface area (Å²) in [4.78, 5) is 39.5. The van der Waals surface area contributed by atoms with Crippen LogP contribution in [0.3, 0.4) is 0 Å². The predicted molar refractivity (Wildman–Crippen MR) is 127 cm³/mol. The molecular formula is C23H25N9O5. The molecule has 3 aromatic heterocycles. The highest BCUT2D eigenvalue weighted by Crippen LogP contribution is 2.32. The smallest absolute Gasteiger partial charge is 0.256 e. The van der Waals surface area contributed by atoms with Gasteiger partial charge in [-0.25, -0.2) is 15.0 Å². The molecule has 4 atom stereocenters. The number of nitrogen functional groups attached to an aromatic ring is 1. The van der Waals surface area contributed by atoms with Crippen LogP contribution < -0.4 is 11.1 Å². The van der Waals surface area contributed by atoms with Gasteiger partial charge in [-0.05, 0) is 31.2 Å². The van der Waals surface area contributed by atoms with Gasteiger partial charge in [-0.2, -0.15) is 10.2 Å². The maximum atomic E-state index is 13.0. The molecule has 5 N–H and O–H groups in total. The van der Waals surface area contributed by atoms with Crippen LogP contribution in [-0.4, -0.2) is 94.6 Å². The molecule has 4 heterocycles. The number of aromatic nitrogens is 6. The Morgan fingerprint density at radius 1 is 1.27 bits per heavy atom. The van der Waals surface area contributed by atoms with Gasteiger partial charge in [0.1, 0.15) is 17.7 Å². The van der Waals surface area contributed by atoms with Gasteiger partial charge in [-0.15, -0.1) is 0 Å². The fourth-order valence-corrected chi connectivity index (χ4v) is 4.28. The van der Waals surface area contributed by atoms with Crippen LogP contribution in [-0.2, 0) is 9.53 Å². The molecule has 2 amide bonds. The van der Waals surface area contributed by atoms with Gasteiger partial charge >= 0.3 is 0 Å². The zero-order valence-corrected chi connectivity index (χ0v) is 19.9. The first-order valence-electron chi connectivity index (χ1n) is 11.7. The zero-order chi connectivity index (χ0) is 26.1. The Morgan fingerprint density at radius 3 is 2.76 bits per heavy atom. The van der Waals surface area contributed by atoms with E-state index in [1.165, 1.54) is 30.3 Å². The topological polar surface area (TPSA) is 194 Å². The Bertz CT molecular complexity index is 1380. The fraction of sp³-hybridized carbons (Fsp3) is 0.435. The van der Waals surface area contributed by atoms with E-state index in [2.05, 4.69) is 42.3 Å². The minimum absolute atomic E-state index is 0.0544. The number of imidazole rings is 1. The van der Waals surface area contributed by atoms with Crippen molar-refractivity contribution in [2.75, 3.05) is 19.3 Å². The average Bonchev–Trinajstić information content (AvgIpc) is 3.43. The second-order valence-electron chi connectivity index (χ2n) is 8.75. The first-order chi connectivity index (χ1) is 17.9. The molecule has 0 aromatic carbocycles. The molecule has 1 saturated carbocycles. The van der Waals surface area contributed by atoms with Gasteiger partial charge in [0.05, 0.1) is 30.8 Å². The van der Waals surface area contributed by atoms with Crippen molar-refractivity contribution in [3.8, 4) is 11.8 Å². The summed E-state index contributed by atoms with van der Waals surface area (Å²) < 4.78 is 6.99. The van der Waals surface area contributed by atoms with Gasteiger partial charge in [0.2, 0.25) is 5.82 Å². The maximum absolute atomic E-state index is 13.0. The molecule has 0 unspecified atom stereocenters. The zero-order valence-electron chi connectivity index (χ0n) is 19.9. The van der Waals surface area contributed by atoms with Gasteiger partial charge < -0.3 is 30.9 Å². The molecule has 14 nitrogen and oxygen atoms in total. The highest BCUT2D eigenvalue weighted by atomic mass is 16.6. The van der Waals surface area contributed by atoms with Crippen LogP contribution in [0, 0.1) is 11.8 Å². The highest BCUT2D eigenvalue weighted by molar-refractivity contribution is 5.94. The second-order valence-corrected chi connectivity index (χ2v) is 8.75. The lowest BCUT2D eigenvalue weighted by Gasteiger charge is -2.36. The number of aliphatic hydroxyl groups excluding tert-OH is 2. The van der Waals surface area contributed by atoms with E-state index < -0.39 is 30.4 Å². The van der Waals surface area contributed by atoms with Gasteiger partial charge in [-0.3, -0.25) is 14.2 Å². The van der Waals surface area contributed by atoms with Crippen LogP contribution in [0.1, 0.15) is 41.7 Å². The molecule has 1 saturated heterocycles. The first kappa shape index (κ1) is 24.5. The van der Waals surface area contributed by atoms with Crippen molar-refractivity contribution >= 4 is 28.8 Å². The molecule has 2 fully saturated rings. The number of rotatable bonds is 5. The van der Waals surface area contributed by atoms with Crippen LogP contribution in [0.4, 0.5) is 5.82 Å². The van der Waals surface area contributed by atoms with Crippen LogP contribution in [0.5, 0.6) is 0 Å². The van der Waals surface area contributed by atoms with Gasteiger partial charge in [0.25, 0.3) is 11.8 Å². The molecule has 5 rings (SSSR count). The number of nitrogens with zero attached hydrogens (tertiary/aromatic N) is 7. The number of carbonyl (C=O) groups excluding carboxylic acids is 2. The van der Waals surface area contributed by atoms with Crippen molar-refractivity contribution in [3.05, 3.63) is 36.2 Å². The molecule has 0 radical (unpaired) electrons. The van der Waals surface area contributed by atoms with Gasteiger partial charge in [-0.1, -0.05) is 5.92 Å². The number of ether oxygens (including phenoxy) is 1. The summed E-state index contributed by atoms with van der Waals surface area (Å²) in [5.41, 5.74) is 6.96. The monoisotopic (exact) mass is 507 g/mol. The summed E-state index contributed by atoms with van der Waals surface area (Å²) in [6.45, 7) is 0.150. The average molecular weight is 508 g/mol. The lowest BCUT2D eigenvalue weighted by atomic mass is 9.91. The Balaban J connectivity index is 1.40. The van der Waals surface area contributed by atoms with Crippen molar-refractivity contribution in [1.29, 1.82) is 0 Å². The van der Waals surface area contributed by atoms with E-state index in [9.17, 15) is 19.8 Å². The standard InChI is InChI=1S/C23H25N9O5/c1-25-21(35)18-16(33)17(34)23(37-18)32-11-26-15-19(24)29-14(30-20(15)32)6-3-9-31(13-4-2-5-13)22(36)12-7-8-27-28-10-12/h7-8,10-11,13,16-18,23,33-34H,2,4-5,9H2,1H3,(H,25,35)(H2,24,29,30)/t16-,17-,18+,23-/m1/s1. The number of likely N-dealkylation sites (N-methyl/N-ethyl adjacent to an activating group) is 1. The van der Waals surface area contributed by atoms with Crippen molar-refractivity contribution in [2.24, 2.45) is 0 Å². The van der Waals surface area contributed by atoms with E-state index in [0.29, 0.717) is 5.56 Å². The minimum atomic E-state index is -1.45. The lowest BCUT2D eigenvalue weighted by Crippen LogP contribution is -2.44. The molecule has 3 aromatic rings. The number of aliphatic hydroxyl groups is 2. The van der Waals surface area contributed by atoms with Crippen LogP contribution in [0.25, 0.3) is 11.2 Å². The minimum Gasteiger partial charge on any atom is -0.387 e. The number of hydrogen-bond acceptors (Lipinski definition) is 11. The van der Waals surface area contributed by atoms with Crippen LogP contribution >= 0.6 is 0 Å². The van der Waals surface area contributed by atoms with Crippen LogP contribution in [0.15, 0.2) is 24.8 Å². The van der Waals surface area contributed by atoms with Crippen LogP contribution in [0.2, 0.25) is 0 Å². The van der Waals surface area contributed by atoms with Gasteiger partial charge in [0, 0.05) is 13.1 Å². The Kier molecular flexibility index (Phi) is 6.66. The number of nitrogens with one attached hydrogen (secondary N) is 1. The normalized spacial score (nSPS) is 23.2. The predicted octanol–water partition coefficient (Wildman–Crippen LogP) is -1.39. The highest BCUT2D eigenvalue weighted by Gasteiger charge is 2.47. The number of anilines is 1. The lowest BCUT2D eigenvalue weighted by molar-refractivity contribution is -0.137. The quantitative estimate of drug-likeness (QED) is 0.297. The van der Waals surface area contributed by atoms with E-state index in [1.807, 2.05) is 0 Å². The first-order valence-corrected chi connectivity index (χ1v) is 11.7. The molecule has 0 spiro atoms. The molecule has 192 valence electrons. The number of fused-ring (bicyclic) bond motifs is 1. The largest absolute Gasteiger partial charge is 0.387 e. The van der Waals surface area contributed by atoms with Crippen molar-refractivity contribution < 1.29 is 24.5 Å². The molecule has 0 bridgehead atoms. The van der Waals surface area contributed by atoms with Crippen molar-refractivity contribution in [3.63, 3.8) is 0 Å². The van der Waals surface area contributed by atoms with E-state index >= 15 is 0 Å². The number of carbonyl (C=O) groups is 2. The third-order valence-electron chi connectivity index (χ3n) is 6.52. The Hall–Kier alpha value is -4.19. The Morgan fingerprint density at radius 2 is 2.08 bits per heavy atom.